The van der Waals surface area contributed by atoms with Crippen molar-refractivity contribution in [3.63, 3.8) is 0 Å². The molecule has 110 valence electrons. The van der Waals surface area contributed by atoms with Gasteiger partial charge in [0, 0.05) is 32.2 Å². The second-order valence-corrected chi connectivity index (χ2v) is 5.37. The van der Waals surface area contributed by atoms with Crippen LogP contribution >= 0.6 is 0 Å². The molecule has 0 aliphatic carbocycles. The molecule has 2 N–H and O–H groups in total. The maximum Gasteiger partial charge on any atom is 0.287 e. The molecule has 2 rings (SSSR count). The van der Waals surface area contributed by atoms with Crippen molar-refractivity contribution in [3.8, 4) is 0 Å². The summed E-state index contributed by atoms with van der Waals surface area (Å²) in [5.74, 6) is 0.176. The van der Waals surface area contributed by atoms with Crippen LogP contribution in [0.15, 0.2) is 12.3 Å². The number of carbonyl (C=O) groups excluding carboxylic acids is 1. The molecule has 1 aliphatic rings. The standard InChI is InChI=1S/C13H20N4O3/c1-9-4-3-5-16(12(9)7-14)13(18)11-6-10(17(19)20)8-15(11)2/h6,8-9,12H,3-5,7,14H2,1-2H3. The van der Waals surface area contributed by atoms with Crippen LogP contribution in [0, 0.1) is 16.0 Å². The van der Waals surface area contributed by atoms with Gasteiger partial charge in [-0.05, 0) is 18.8 Å². The minimum atomic E-state index is -0.490. The van der Waals surface area contributed by atoms with E-state index in [1.165, 1.54) is 16.8 Å². The van der Waals surface area contributed by atoms with Crippen molar-refractivity contribution in [1.82, 2.24) is 9.47 Å². The van der Waals surface area contributed by atoms with Crippen LogP contribution in [0.4, 0.5) is 5.69 Å². The number of piperidine rings is 1. The van der Waals surface area contributed by atoms with Gasteiger partial charge in [-0.2, -0.15) is 0 Å². The molecule has 1 saturated heterocycles. The van der Waals surface area contributed by atoms with E-state index in [-0.39, 0.29) is 17.6 Å². The third-order valence-electron chi connectivity index (χ3n) is 4.04. The molecule has 0 bridgehead atoms. The summed E-state index contributed by atoms with van der Waals surface area (Å²) in [6.45, 7) is 3.16. The third-order valence-corrected chi connectivity index (χ3v) is 4.04. The molecule has 7 nitrogen and oxygen atoms in total. The average Bonchev–Trinajstić information content (AvgIpc) is 2.80. The number of nitrogens with two attached hydrogens (primary N) is 1. The van der Waals surface area contributed by atoms with E-state index in [1.54, 1.807) is 11.9 Å². The highest BCUT2D eigenvalue weighted by Crippen LogP contribution is 2.25. The largest absolute Gasteiger partial charge is 0.340 e. The number of aromatic nitrogens is 1. The van der Waals surface area contributed by atoms with Gasteiger partial charge in [0.05, 0.1) is 11.1 Å². The van der Waals surface area contributed by atoms with Gasteiger partial charge in [-0.1, -0.05) is 6.92 Å². The predicted octanol–water partition coefficient (Wildman–Crippen LogP) is 1.13. The summed E-state index contributed by atoms with van der Waals surface area (Å²) >= 11 is 0. The maximum atomic E-state index is 12.6. The van der Waals surface area contributed by atoms with Gasteiger partial charge < -0.3 is 15.2 Å². The second kappa shape index (κ2) is 5.62. The van der Waals surface area contributed by atoms with E-state index >= 15 is 0 Å². The SMILES string of the molecule is CC1CCCN(C(=O)c2cc([N+](=O)[O-])cn2C)C1CN. The van der Waals surface area contributed by atoms with Crippen LogP contribution in [-0.4, -0.2) is 39.4 Å². The molecule has 2 atom stereocenters. The predicted molar refractivity (Wildman–Crippen MR) is 74.3 cm³/mol. The minimum Gasteiger partial charge on any atom is -0.340 e. The lowest BCUT2D eigenvalue weighted by Gasteiger charge is -2.39. The first-order valence-corrected chi connectivity index (χ1v) is 6.77. The Morgan fingerprint density at radius 3 is 2.85 bits per heavy atom. The average molecular weight is 280 g/mol. The molecule has 0 aromatic carbocycles. The van der Waals surface area contributed by atoms with E-state index in [2.05, 4.69) is 6.92 Å². The van der Waals surface area contributed by atoms with Crippen molar-refractivity contribution in [1.29, 1.82) is 0 Å². The first kappa shape index (κ1) is 14.5. The van der Waals surface area contributed by atoms with Crippen molar-refractivity contribution >= 4 is 11.6 Å². The maximum absolute atomic E-state index is 12.6. The molecule has 7 heteroatoms. The van der Waals surface area contributed by atoms with Crippen LogP contribution in [0.2, 0.25) is 0 Å². The quantitative estimate of drug-likeness (QED) is 0.663. The molecule has 0 radical (unpaired) electrons. The van der Waals surface area contributed by atoms with Gasteiger partial charge in [0.25, 0.3) is 11.6 Å². The van der Waals surface area contributed by atoms with E-state index in [0.29, 0.717) is 24.7 Å². The lowest BCUT2D eigenvalue weighted by molar-refractivity contribution is -0.384. The van der Waals surface area contributed by atoms with E-state index in [9.17, 15) is 14.9 Å². The Balaban J connectivity index is 2.28. The van der Waals surface area contributed by atoms with Crippen molar-refractivity contribution in [2.24, 2.45) is 18.7 Å². The Labute approximate surface area is 117 Å². The Morgan fingerprint density at radius 2 is 2.30 bits per heavy atom. The van der Waals surface area contributed by atoms with Gasteiger partial charge in [0.15, 0.2) is 0 Å². The minimum absolute atomic E-state index is 0.00482. The molecule has 0 spiro atoms. The number of aryl methyl sites for hydroxylation is 1. The smallest absolute Gasteiger partial charge is 0.287 e. The van der Waals surface area contributed by atoms with Crippen molar-refractivity contribution in [2.45, 2.75) is 25.8 Å². The molecular formula is C13H20N4O3. The van der Waals surface area contributed by atoms with Crippen molar-refractivity contribution < 1.29 is 9.72 Å². The fourth-order valence-electron chi connectivity index (χ4n) is 2.87. The van der Waals surface area contributed by atoms with E-state index < -0.39 is 4.92 Å². The first-order valence-electron chi connectivity index (χ1n) is 6.77. The molecule has 2 heterocycles. The summed E-state index contributed by atoms with van der Waals surface area (Å²) in [6, 6.07) is 1.33. The van der Waals surface area contributed by atoms with Gasteiger partial charge in [-0.15, -0.1) is 0 Å². The molecule has 1 fully saturated rings. The lowest BCUT2D eigenvalue weighted by Crippen LogP contribution is -2.51. The number of hydrogen-bond donors (Lipinski definition) is 1. The fourth-order valence-corrected chi connectivity index (χ4v) is 2.87. The van der Waals surface area contributed by atoms with Crippen molar-refractivity contribution in [3.05, 3.63) is 28.1 Å². The molecule has 1 aromatic heterocycles. The number of amides is 1. The van der Waals surface area contributed by atoms with Gasteiger partial charge in [-0.3, -0.25) is 14.9 Å². The van der Waals surface area contributed by atoms with Crippen LogP contribution < -0.4 is 5.73 Å². The number of rotatable bonds is 3. The highest BCUT2D eigenvalue weighted by molar-refractivity contribution is 5.93. The zero-order chi connectivity index (χ0) is 14.9. The van der Waals surface area contributed by atoms with E-state index in [0.717, 1.165) is 12.8 Å². The lowest BCUT2D eigenvalue weighted by atomic mass is 9.90. The van der Waals surface area contributed by atoms with Crippen LogP contribution in [0.1, 0.15) is 30.3 Å². The summed E-state index contributed by atoms with van der Waals surface area (Å²) in [5.41, 5.74) is 6.06. The highest BCUT2D eigenvalue weighted by atomic mass is 16.6. The van der Waals surface area contributed by atoms with Crippen LogP contribution in [0.5, 0.6) is 0 Å². The topological polar surface area (TPSA) is 94.4 Å². The third kappa shape index (κ3) is 2.53. The Kier molecular flexibility index (Phi) is 4.08. The normalized spacial score (nSPS) is 22.9. The van der Waals surface area contributed by atoms with Gasteiger partial charge in [-0.25, -0.2) is 0 Å². The van der Waals surface area contributed by atoms with Gasteiger partial charge in [0.2, 0.25) is 0 Å². The zero-order valence-electron chi connectivity index (χ0n) is 11.8. The van der Waals surface area contributed by atoms with Gasteiger partial charge >= 0.3 is 0 Å². The van der Waals surface area contributed by atoms with Crippen LogP contribution in [0.25, 0.3) is 0 Å². The molecular weight excluding hydrogens is 260 g/mol. The number of likely N-dealkylation sites (tertiary alicyclic amines) is 1. The first-order chi connectivity index (χ1) is 9.45. The van der Waals surface area contributed by atoms with E-state index in [1.807, 2.05) is 0 Å². The zero-order valence-corrected chi connectivity index (χ0v) is 11.8. The molecule has 2 unspecified atom stereocenters. The molecule has 1 aliphatic heterocycles. The number of carbonyl (C=O) groups is 1. The van der Waals surface area contributed by atoms with Crippen LogP contribution in [0.3, 0.4) is 0 Å². The Hall–Kier alpha value is -1.89. The molecule has 1 amide bonds. The van der Waals surface area contributed by atoms with Gasteiger partial charge in [0.1, 0.15) is 5.69 Å². The highest BCUT2D eigenvalue weighted by Gasteiger charge is 2.33. The second-order valence-electron chi connectivity index (χ2n) is 5.37. The monoisotopic (exact) mass is 280 g/mol. The number of nitrogens with zero attached hydrogens (tertiary/aromatic N) is 3. The summed E-state index contributed by atoms with van der Waals surface area (Å²) in [7, 11) is 1.64. The summed E-state index contributed by atoms with van der Waals surface area (Å²) in [4.78, 5) is 24.7. The number of hydrogen-bond acceptors (Lipinski definition) is 4. The fraction of sp³-hybridized carbons (Fsp3) is 0.615. The van der Waals surface area contributed by atoms with Crippen LogP contribution in [-0.2, 0) is 7.05 Å². The summed E-state index contributed by atoms with van der Waals surface area (Å²) in [5, 5.41) is 10.8. The Morgan fingerprint density at radius 1 is 1.60 bits per heavy atom. The summed E-state index contributed by atoms with van der Waals surface area (Å²) < 4.78 is 1.51. The molecule has 0 saturated carbocycles. The molecule has 1 aromatic rings. The molecule has 20 heavy (non-hydrogen) atoms. The van der Waals surface area contributed by atoms with E-state index in [4.69, 9.17) is 5.73 Å². The summed E-state index contributed by atoms with van der Waals surface area (Å²) in [6.07, 6.45) is 3.35. The number of nitro groups is 1. The van der Waals surface area contributed by atoms with Crippen molar-refractivity contribution in [2.75, 3.05) is 13.1 Å². The Bertz CT molecular complexity index is 526.